The topological polar surface area (TPSA) is 97.1 Å². The molecule has 1 aliphatic rings. The van der Waals surface area contributed by atoms with Crippen LogP contribution >= 0.6 is 11.8 Å². The van der Waals surface area contributed by atoms with Crippen LogP contribution in [0.5, 0.6) is 0 Å². The molecule has 0 spiro atoms. The van der Waals surface area contributed by atoms with Crippen LogP contribution in [0.1, 0.15) is 12.6 Å². The largest absolute Gasteiger partial charge is 0.411 e. The highest BCUT2D eigenvalue weighted by Gasteiger charge is 2.28. The number of ether oxygens (including phenoxy) is 1. The molecule has 0 aliphatic carbocycles. The number of anilines is 3. The summed E-state index contributed by atoms with van der Waals surface area (Å²) in [6.07, 6.45) is -1.36. The summed E-state index contributed by atoms with van der Waals surface area (Å²) in [6, 6.07) is 1.70. The van der Waals surface area contributed by atoms with E-state index in [1.807, 2.05) is 30.6 Å². The number of aromatic nitrogens is 6. The molecule has 0 amide bonds. The fraction of sp³-hybridized carbons (Fsp3) is 0.571. The Labute approximate surface area is 205 Å². The van der Waals surface area contributed by atoms with Crippen LogP contribution in [0.3, 0.4) is 0 Å². The summed E-state index contributed by atoms with van der Waals surface area (Å²) >= 11 is 1.92. The van der Waals surface area contributed by atoms with Crippen LogP contribution in [0.2, 0.25) is 0 Å². The lowest BCUT2D eigenvalue weighted by Crippen LogP contribution is -2.32. The van der Waals surface area contributed by atoms with Gasteiger partial charge in [0.1, 0.15) is 35.5 Å². The Bertz CT molecular complexity index is 1110. The van der Waals surface area contributed by atoms with E-state index < -0.39 is 12.8 Å². The van der Waals surface area contributed by atoms with Crippen molar-refractivity contribution in [2.75, 3.05) is 61.6 Å². The molecule has 4 heterocycles. The molecule has 1 saturated heterocycles. The lowest BCUT2D eigenvalue weighted by molar-refractivity contribution is -0.174. The molecule has 4 rings (SSSR count). The van der Waals surface area contributed by atoms with E-state index in [-0.39, 0.29) is 13.2 Å². The molecule has 35 heavy (non-hydrogen) atoms. The molecule has 1 N–H and O–H groups in total. The molecule has 14 heteroatoms. The first kappa shape index (κ1) is 25.4. The van der Waals surface area contributed by atoms with Gasteiger partial charge in [-0.3, -0.25) is 9.58 Å². The molecule has 3 aromatic rings. The van der Waals surface area contributed by atoms with Gasteiger partial charge in [-0.25, -0.2) is 15.0 Å². The van der Waals surface area contributed by atoms with E-state index in [0.717, 1.165) is 30.3 Å². The number of rotatable bonds is 10. The average Bonchev–Trinajstić information content (AvgIpc) is 3.19. The van der Waals surface area contributed by atoms with Crippen LogP contribution in [0.25, 0.3) is 11.0 Å². The summed E-state index contributed by atoms with van der Waals surface area (Å²) in [7, 11) is 1.90. The molecule has 190 valence electrons. The maximum absolute atomic E-state index is 12.6. The van der Waals surface area contributed by atoms with Gasteiger partial charge in [-0.15, -0.1) is 0 Å². The highest BCUT2D eigenvalue weighted by atomic mass is 32.2. The van der Waals surface area contributed by atoms with Gasteiger partial charge in [-0.2, -0.15) is 35.0 Å². The molecule has 0 saturated carbocycles. The molecule has 10 nitrogen and oxygen atoms in total. The Balaban J connectivity index is 1.74. The van der Waals surface area contributed by atoms with Gasteiger partial charge in [0.05, 0.1) is 13.2 Å². The Morgan fingerprint density at radius 1 is 1.23 bits per heavy atom. The van der Waals surface area contributed by atoms with E-state index in [2.05, 4.69) is 20.2 Å². The lowest BCUT2D eigenvalue weighted by Gasteiger charge is -2.25. The summed E-state index contributed by atoms with van der Waals surface area (Å²) in [6.45, 7) is 3.81. The van der Waals surface area contributed by atoms with Crippen molar-refractivity contribution < 1.29 is 17.9 Å². The van der Waals surface area contributed by atoms with Gasteiger partial charge < -0.3 is 15.0 Å². The van der Waals surface area contributed by atoms with E-state index in [1.165, 1.54) is 6.33 Å². The zero-order chi connectivity index (χ0) is 24.8. The van der Waals surface area contributed by atoms with Crippen molar-refractivity contribution in [3.8, 4) is 0 Å². The molecule has 3 aromatic heterocycles. The van der Waals surface area contributed by atoms with Crippen molar-refractivity contribution >= 4 is 40.4 Å². The highest BCUT2D eigenvalue weighted by molar-refractivity contribution is 7.99. The molecule has 0 radical (unpaired) electrons. The number of nitrogens with one attached hydrogen (secondary N) is 1. The Kier molecular flexibility index (Phi) is 8.23. The maximum Gasteiger partial charge on any atom is 0.411 e. The third kappa shape index (κ3) is 6.70. The fourth-order valence-corrected chi connectivity index (χ4v) is 4.57. The van der Waals surface area contributed by atoms with E-state index >= 15 is 0 Å². The minimum atomic E-state index is -4.38. The van der Waals surface area contributed by atoms with Crippen LogP contribution in [0, 0.1) is 0 Å². The Morgan fingerprint density at radius 2 is 2.03 bits per heavy atom. The van der Waals surface area contributed by atoms with Crippen molar-refractivity contribution in [1.82, 2.24) is 34.6 Å². The minimum absolute atomic E-state index is 0.118. The van der Waals surface area contributed by atoms with Gasteiger partial charge in [-0.1, -0.05) is 0 Å². The Morgan fingerprint density at radius 3 is 2.71 bits per heavy atom. The van der Waals surface area contributed by atoms with Crippen LogP contribution in [-0.4, -0.2) is 92.2 Å². The lowest BCUT2D eigenvalue weighted by atomic mass is 10.3. The van der Waals surface area contributed by atoms with Crippen molar-refractivity contribution in [3.63, 3.8) is 0 Å². The van der Waals surface area contributed by atoms with Gasteiger partial charge in [0, 0.05) is 50.9 Å². The van der Waals surface area contributed by atoms with Gasteiger partial charge >= 0.3 is 6.18 Å². The van der Waals surface area contributed by atoms with E-state index in [0.29, 0.717) is 41.7 Å². The first-order valence-electron chi connectivity index (χ1n) is 11.3. The molecule has 0 atom stereocenters. The maximum atomic E-state index is 12.6. The monoisotopic (exact) mass is 511 g/mol. The average molecular weight is 512 g/mol. The molecule has 0 unspecified atom stereocenters. The van der Waals surface area contributed by atoms with Crippen LogP contribution in [-0.2, 0) is 17.8 Å². The first-order valence-corrected chi connectivity index (χ1v) is 12.5. The van der Waals surface area contributed by atoms with Crippen LogP contribution in [0.15, 0.2) is 18.6 Å². The van der Waals surface area contributed by atoms with Crippen LogP contribution < -0.4 is 10.2 Å². The Hall–Kier alpha value is -2.71. The van der Waals surface area contributed by atoms with Crippen molar-refractivity contribution in [2.45, 2.75) is 26.2 Å². The van der Waals surface area contributed by atoms with Gasteiger partial charge in [0.15, 0.2) is 5.82 Å². The van der Waals surface area contributed by atoms with Gasteiger partial charge in [-0.05, 0) is 13.0 Å². The number of nitrogens with zero attached hydrogens (tertiary/aromatic N) is 8. The number of fused-ring (bicyclic) bond motifs is 1. The molecule has 1 aliphatic heterocycles. The summed E-state index contributed by atoms with van der Waals surface area (Å²) < 4.78 is 44.2. The highest BCUT2D eigenvalue weighted by Crippen LogP contribution is 2.29. The van der Waals surface area contributed by atoms with E-state index in [9.17, 15) is 13.2 Å². The quantitative estimate of drug-likeness (QED) is 0.409. The number of halogens is 3. The zero-order valence-electron chi connectivity index (χ0n) is 19.6. The van der Waals surface area contributed by atoms with Crippen LogP contribution in [0.4, 0.5) is 30.8 Å². The standard InChI is InChI=1S/C21H28F3N9OS/c1-3-31(2)20-28-17-15(12-32-7-10-35-11-8-32)30-33(6-9-34-13-21(22,23)24)18(17)19(29-20)27-16-4-5-25-14-26-16/h4-5,14H,3,6-13H2,1-2H3,(H,25,26,27,28,29). The minimum Gasteiger partial charge on any atom is -0.370 e. The molecular weight excluding hydrogens is 483 g/mol. The third-order valence-electron chi connectivity index (χ3n) is 5.48. The second kappa shape index (κ2) is 11.4. The second-order valence-electron chi connectivity index (χ2n) is 8.03. The summed E-state index contributed by atoms with van der Waals surface area (Å²) in [5.74, 6) is 3.60. The summed E-state index contributed by atoms with van der Waals surface area (Å²) in [5.41, 5.74) is 2.00. The zero-order valence-corrected chi connectivity index (χ0v) is 20.4. The van der Waals surface area contributed by atoms with Crippen molar-refractivity contribution in [3.05, 3.63) is 24.3 Å². The van der Waals surface area contributed by atoms with Crippen molar-refractivity contribution in [2.24, 2.45) is 0 Å². The third-order valence-corrected chi connectivity index (χ3v) is 6.42. The normalized spacial score (nSPS) is 15.0. The number of hydrogen-bond acceptors (Lipinski definition) is 10. The smallest absolute Gasteiger partial charge is 0.370 e. The van der Waals surface area contributed by atoms with Gasteiger partial charge in [0.2, 0.25) is 5.95 Å². The second-order valence-corrected chi connectivity index (χ2v) is 9.25. The van der Waals surface area contributed by atoms with Gasteiger partial charge in [0.25, 0.3) is 0 Å². The number of thioether (sulfide) groups is 1. The van der Waals surface area contributed by atoms with Crippen molar-refractivity contribution in [1.29, 1.82) is 0 Å². The fourth-order valence-electron chi connectivity index (χ4n) is 3.60. The first-order chi connectivity index (χ1) is 16.8. The predicted molar refractivity (Wildman–Crippen MR) is 129 cm³/mol. The van der Waals surface area contributed by atoms with E-state index in [4.69, 9.17) is 19.8 Å². The molecular formula is C21H28F3N9OS. The van der Waals surface area contributed by atoms with E-state index in [1.54, 1.807) is 16.9 Å². The molecule has 0 bridgehead atoms. The molecule has 0 aromatic carbocycles. The summed E-state index contributed by atoms with van der Waals surface area (Å²) in [5, 5.41) is 7.97. The SMILES string of the molecule is CCN(C)c1nc(Nc2ccncn2)c2c(n1)c(CN1CCSCC1)nn2CCOCC(F)(F)F. The molecule has 1 fully saturated rings. The number of hydrogen-bond donors (Lipinski definition) is 1. The summed E-state index contributed by atoms with van der Waals surface area (Å²) in [4.78, 5) is 21.9. The predicted octanol–water partition coefficient (Wildman–Crippen LogP) is 2.94. The number of alkyl halides is 3.